The molecular formula is C4H3BrN2OS. The normalized spacial score (nSPS) is 9.00. The minimum Gasteiger partial charge on any atom is -0.286 e. The summed E-state index contributed by atoms with van der Waals surface area (Å²) in [7, 11) is 0. The molecule has 0 fully saturated rings. The van der Waals surface area contributed by atoms with E-state index in [0.717, 1.165) is 0 Å². The molecule has 0 aliphatic heterocycles. The molecule has 1 rings (SSSR count). The van der Waals surface area contributed by atoms with Crippen LogP contribution in [-0.2, 0) is 0 Å². The summed E-state index contributed by atoms with van der Waals surface area (Å²) in [6, 6.07) is 0. The molecule has 0 bridgehead atoms. The van der Waals surface area contributed by atoms with E-state index in [1.54, 1.807) is 11.6 Å². The third-order valence-corrected chi connectivity index (χ3v) is 1.84. The van der Waals surface area contributed by atoms with Gasteiger partial charge in [-0.3, -0.25) is 9.14 Å². The van der Waals surface area contributed by atoms with Crippen LogP contribution < -0.4 is 4.34 Å². The number of hydrogen-bond acceptors (Lipinski definition) is 3. The number of carbonyl (C=O) groups excluding carboxylic acids is 1. The number of thiazole rings is 1. The van der Waals surface area contributed by atoms with E-state index in [2.05, 4.69) is 25.5 Å². The topological polar surface area (TPSA) is 42.0 Å². The molecule has 1 heterocycles. The third kappa shape index (κ3) is 1.49. The van der Waals surface area contributed by atoms with Crippen molar-refractivity contribution in [3.8, 4) is 0 Å². The summed E-state index contributed by atoms with van der Waals surface area (Å²) in [6.45, 7) is 0. The molecular weight excluding hydrogens is 204 g/mol. The predicted molar refractivity (Wildman–Crippen MR) is 38.5 cm³/mol. The first kappa shape index (κ1) is 6.70. The van der Waals surface area contributed by atoms with Crippen molar-refractivity contribution in [2.75, 3.05) is 0 Å². The van der Waals surface area contributed by atoms with Gasteiger partial charge in [-0.2, -0.15) is 0 Å². The summed E-state index contributed by atoms with van der Waals surface area (Å²) in [4.78, 5) is 14.4. The van der Waals surface area contributed by atoms with Gasteiger partial charge in [-0.1, -0.05) is 0 Å². The fourth-order valence-corrected chi connectivity index (χ4v) is 1.23. The fraction of sp³-hybridized carbons (Fsp3) is 0. The summed E-state index contributed by atoms with van der Waals surface area (Å²) in [5.41, 5.74) is 0. The Morgan fingerprint density at radius 2 is 2.67 bits per heavy atom. The number of hydrogen-bond donors (Lipinski definition) is 1. The Morgan fingerprint density at radius 3 is 3.11 bits per heavy atom. The molecule has 1 N–H and O–H groups in total. The molecule has 0 aromatic carbocycles. The molecule has 0 atom stereocenters. The highest BCUT2D eigenvalue weighted by Crippen LogP contribution is 2.02. The van der Waals surface area contributed by atoms with Crippen LogP contribution >= 0.6 is 27.5 Å². The number of rotatable bonds is 1. The number of halogens is 1. The van der Waals surface area contributed by atoms with Gasteiger partial charge in [0.2, 0.25) is 0 Å². The van der Waals surface area contributed by atoms with E-state index in [-0.39, 0.29) is 5.91 Å². The summed E-state index contributed by atoms with van der Waals surface area (Å²) in [5, 5.41) is 2.21. The highest BCUT2D eigenvalue weighted by Gasteiger charge is 2.03. The van der Waals surface area contributed by atoms with Crippen LogP contribution in [0.25, 0.3) is 0 Å². The van der Waals surface area contributed by atoms with E-state index >= 15 is 0 Å². The van der Waals surface area contributed by atoms with Crippen LogP contribution in [0.3, 0.4) is 0 Å². The molecule has 0 radical (unpaired) electrons. The molecule has 0 spiro atoms. The van der Waals surface area contributed by atoms with Gasteiger partial charge in [-0.05, 0) is 0 Å². The lowest BCUT2D eigenvalue weighted by atomic mass is 10.7. The standard InChI is InChI=1S/C4H3BrN2OS/c5-7-3(8)4-6-1-2-9-4/h1-2H,(H,7,8). The molecule has 0 aliphatic carbocycles. The number of nitrogens with one attached hydrogen (secondary N) is 1. The maximum Gasteiger partial charge on any atom is 0.290 e. The zero-order valence-corrected chi connectivity index (χ0v) is 6.70. The molecule has 3 nitrogen and oxygen atoms in total. The Hall–Kier alpha value is -0.420. The first-order chi connectivity index (χ1) is 4.34. The predicted octanol–water partition coefficient (Wildman–Crippen LogP) is 1.18. The lowest BCUT2D eigenvalue weighted by Crippen LogP contribution is -2.10. The fourth-order valence-electron chi connectivity index (χ4n) is 0.376. The second-order valence-corrected chi connectivity index (χ2v) is 2.55. The van der Waals surface area contributed by atoms with Crippen LogP contribution in [0.1, 0.15) is 9.80 Å². The first-order valence-electron chi connectivity index (χ1n) is 2.15. The number of nitrogens with zero attached hydrogens (tertiary/aromatic N) is 1. The third-order valence-electron chi connectivity index (χ3n) is 0.712. The van der Waals surface area contributed by atoms with Crippen molar-refractivity contribution in [3.63, 3.8) is 0 Å². The number of carbonyl (C=O) groups is 1. The van der Waals surface area contributed by atoms with E-state index in [9.17, 15) is 4.79 Å². The number of aromatic nitrogens is 1. The van der Waals surface area contributed by atoms with Gasteiger partial charge in [0, 0.05) is 27.7 Å². The molecule has 5 heteroatoms. The zero-order valence-electron chi connectivity index (χ0n) is 4.30. The molecule has 1 aromatic heterocycles. The summed E-state index contributed by atoms with van der Waals surface area (Å²) in [5.74, 6) is -0.204. The molecule has 1 aromatic rings. The highest BCUT2D eigenvalue weighted by atomic mass is 79.9. The highest BCUT2D eigenvalue weighted by molar-refractivity contribution is 9.08. The van der Waals surface area contributed by atoms with Crippen LogP contribution in [-0.4, -0.2) is 10.9 Å². The van der Waals surface area contributed by atoms with Gasteiger partial charge in [-0.15, -0.1) is 11.3 Å². The van der Waals surface area contributed by atoms with E-state index < -0.39 is 0 Å². The number of amides is 1. The van der Waals surface area contributed by atoms with Gasteiger partial charge in [0.1, 0.15) is 0 Å². The average molecular weight is 207 g/mol. The van der Waals surface area contributed by atoms with E-state index in [1.807, 2.05) is 0 Å². The quantitative estimate of drug-likeness (QED) is 0.702. The van der Waals surface area contributed by atoms with Crippen molar-refractivity contribution in [1.82, 2.24) is 9.33 Å². The Labute approximate surface area is 64.4 Å². The first-order valence-corrected chi connectivity index (χ1v) is 3.82. The van der Waals surface area contributed by atoms with E-state index in [1.165, 1.54) is 11.3 Å². The Morgan fingerprint density at radius 1 is 1.89 bits per heavy atom. The lowest BCUT2D eigenvalue weighted by molar-refractivity contribution is 0.0986. The molecule has 0 saturated heterocycles. The maximum atomic E-state index is 10.7. The SMILES string of the molecule is O=C(NBr)c1nccs1. The van der Waals surface area contributed by atoms with E-state index in [4.69, 9.17) is 0 Å². The van der Waals surface area contributed by atoms with Crippen LogP contribution in [0.15, 0.2) is 11.6 Å². The Bertz CT molecular complexity index is 198. The van der Waals surface area contributed by atoms with Crippen molar-refractivity contribution in [2.24, 2.45) is 0 Å². The van der Waals surface area contributed by atoms with Crippen LogP contribution in [0.2, 0.25) is 0 Å². The van der Waals surface area contributed by atoms with Crippen LogP contribution in [0, 0.1) is 0 Å². The van der Waals surface area contributed by atoms with Gasteiger partial charge in [0.15, 0.2) is 5.01 Å². The maximum absolute atomic E-state index is 10.7. The van der Waals surface area contributed by atoms with Crippen molar-refractivity contribution >= 4 is 33.4 Å². The summed E-state index contributed by atoms with van der Waals surface area (Å²) < 4.78 is 2.29. The lowest BCUT2D eigenvalue weighted by Gasteiger charge is -1.86. The minimum atomic E-state index is -0.204. The summed E-state index contributed by atoms with van der Waals surface area (Å²) in [6.07, 6.45) is 1.59. The summed E-state index contributed by atoms with van der Waals surface area (Å²) >= 11 is 4.11. The Kier molecular flexibility index (Phi) is 2.18. The van der Waals surface area contributed by atoms with Gasteiger partial charge < -0.3 is 0 Å². The second kappa shape index (κ2) is 2.93. The smallest absolute Gasteiger partial charge is 0.286 e. The molecule has 0 unspecified atom stereocenters. The van der Waals surface area contributed by atoms with Gasteiger partial charge in [0.25, 0.3) is 5.91 Å². The zero-order chi connectivity index (χ0) is 6.69. The monoisotopic (exact) mass is 206 g/mol. The van der Waals surface area contributed by atoms with Crippen LogP contribution in [0.5, 0.6) is 0 Å². The van der Waals surface area contributed by atoms with Gasteiger partial charge in [0.05, 0.1) is 0 Å². The van der Waals surface area contributed by atoms with Crippen LogP contribution in [0.4, 0.5) is 0 Å². The largest absolute Gasteiger partial charge is 0.290 e. The van der Waals surface area contributed by atoms with E-state index in [0.29, 0.717) is 5.01 Å². The molecule has 0 aliphatic rings. The molecule has 1 amide bonds. The van der Waals surface area contributed by atoms with Gasteiger partial charge in [-0.25, -0.2) is 4.98 Å². The second-order valence-electron chi connectivity index (χ2n) is 1.26. The van der Waals surface area contributed by atoms with Crippen molar-refractivity contribution in [1.29, 1.82) is 0 Å². The molecule has 48 valence electrons. The molecule has 0 saturated carbocycles. The minimum absolute atomic E-state index is 0.204. The van der Waals surface area contributed by atoms with Gasteiger partial charge >= 0.3 is 0 Å². The average Bonchev–Trinajstić information content (AvgIpc) is 2.37. The molecule has 9 heavy (non-hydrogen) atoms. The van der Waals surface area contributed by atoms with Crippen molar-refractivity contribution in [2.45, 2.75) is 0 Å². The van der Waals surface area contributed by atoms with Crippen molar-refractivity contribution in [3.05, 3.63) is 16.6 Å². The Balaban J connectivity index is 2.77. The van der Waals surface area contributed by atoms with Crippen molar-refractivity contribution < 1.29 is 4.79 Å².